The van der Waals surface area contributed by atoms with E-state index in [0.717, 1.165) is 18.4 Å². The van der Waals surface area contributed by atoms with Gasteiger partial charge in [0.05, 0.1) is 5.41 Å². The number of nitrogens with one attached hydrogen (secondary N) is 1. The minimum atomic E-state index is -0.489. The molecule has 0 radical (unpaired) electrons. The van der Waals surface area contributed by atoms with Crippen LogP contribution in [0.4, 0.5) is 4.39 Å². The van der Waals surface area contributed by atoms with Crippen molar-refractivity contribution < 1.29 is 14.3 Å². The molecule has 1 aromatic carbocycles. The zero-order chi connectivity index (χ0) is 14.0. The smallest absolute Gasteiger partial charge is 0.230 e. The topological polar surface area (TPSA) is 49.3 Å². The van der Waals surface area contributed by atoms with Crippen molar-refractivity contribution in [3.8, 4) is 0 Å². The Morgan fingerprint density at radius 2 is 1.95 bits per heavy atom. The minimum Gasteiger partial charge on any atom is -0.396 e. The second-order valence-electron chi connectivity index (χ2n) is 5.51. The molecule has 0 aromatic heterocycles. The van der Waals surface area contributed by atoms with Gasteiger partial charge in [0, 0.05) is 12.6 Å². The summed E-state index contributed by atoms with van der Waals surface area (Å²) in [6, 6.07) is 6.07. The highest BCUT2D eigenvalue weighted by Gasteiger charge is 2.51. The lowest BCUT2D eigenvalue weighted by Gasteiger charge is -2.23. The molecule has 3 nitrogen and oxygen atoms in total. The Morgan fingerprint density at radius 3 is 2.42 bits per heavy atom. The van der Waals surface area contributed by atoms with Crippen LogP contribution in [0.2, 0.25) is 0 Å². The third-order valence-corrected chi connectivity index (χ3v) is 4.08. The second-order valence-corrected chi connectivity index (χ2v) is 5.51. The van der Waals surface area contributed by atoms with Crippen molar-refractivity contribution in [1.29, 1.82) is 0 Å². The van der Waals surface area contributed by atoms with Gasteiger partial charge in [0.1, 0.15) is 5.82 Å². The van der Waals surface area contributed by atoms with Crippen LogP contribution in [-0.2, 0) is 10.2 Å². The highest BCUT2D eigenvalue weighted by atomic mass is 19.1. The lowest BCUT2D eigenvalue weighted by atomic mass is 9.94. The second kappa shape index (κ2) is 5.29. The maximum absolute atomic E-state index is 12.9. The van der Waals surface area contributed by atoms with Gasteiger partial charge in [-0.1, -0.05) is 19.1 Å². The lowest BCUT2D eigenvalue weighted by Crippen LogP contribution is -2.43. The third kappa shape index (κ3) is 2.78. The van der Waals surface area contributed by atoms with E-state index in [4.69, 9.17) is 5.11 Å². The summed E-state index contributed by atoms with van der Waals surface area (Å²) >= 11 is 0. The van der Waals surface area contributed by atoms with E-state index in [1.54, 1.807) is 12.1 Å². The summed E-state index contributed by atoms with van der Waals surface area (Å²) < 4.78 is 12.9. The number of aliphatic hydroxyl groups excluding tert-OH is 1. The van der Waals surface area contributed by atoms with Crippen molar-refractivity contribution in [2.24, 2.45) is 5.92 Å². The molecule has 19 heavy (non-hydrogen) atoms. The number of carbonyl (C=O) groups excluding carboxylic acids is 1. The standard InChI is InChI=1S/C15H20FNO2/c1-10(9-18)11(2)17-14(19)15(7-8-15)12-3-5-13(16)6-4-12/h3-6,10-11,18H,7-9H2,1-2H3,(H,17,19). The average molecular weight is 265 g/mol. The Bertz CT molecular complexity index is 454. The van der Waals surface area contributed by atoms with Crippen LogP contribution >= 0.6 is 0 Å². The van der Waals surface area contributed by atoms with Gasteiger partial charge in [-0.3, -0.25) is 4.79 Å². The van der Waals surface area contributed by atoms with E-state index in [-0.39, 0.29) is 30.3 Å². The van der Waals surface area contributed by atoms with Gasteiger partial charge in [0.15, 0.2) is 0 Å². The predicted molar refractivity (Wildman–Crippen MR) is 71.2 cm³/mol. The molecule has 1 aromatic rings. The molecule has 0 aliphatic heterocycles. The molecule has 4 heteroatoms. The number of aliphatic hydroxyl groups is 1. The van der Waals surface area contributed by atoms with Crippen molar-refractivity contribution >= 4 is 5.91 Å². The average Bonchev–Trinajstić information content (AvgIpc) is 3.20. The van der Waals surface area contributed by atoms with Gasteiger partial charge in [-0.2, -0.15) is 0 Å². The van der Waals surface area contributed by atoms with E-state index in [1.165, 1.54) is 12.1 Å². The number of amides is 1. The van der Waals surface area contributed by atoms with Crippen LogP contribution in [0.15, 0.2) is 24.3 Å². The molecule has 1 aliphatic rings. The van der Waals surface area contributed by atoms with Crippen molar-refractivity contribution in [3.63, 3.8) is 0 Å². The van der Waals surface area contributed by atoms with E-state index in [2.05, 4.69) is 5.32 Å². The van der Waals surface area contributed by atoms with Crippen LogP contribution in [0.1, 0.15) is 32.3 Å². The van der Waals surface area contributed by atoms with Gasteiger partial charge >= 0.3 is 0 Å². The van der Waals surface area contributed by atoms with Crippen LogP contribution in [0.3, 0.4) is 0 Å². The highest BCUT2D eigenvalue weighted by molar-refractivity contribution is 5.91. The Morgan fingerprint density at radius 1 is 1.37 bits per heavy atom. The molecular formula is C15H20FNO2. The largest absolute Gasteiger partial charge is 0.396 e. The van der Waals surface area contributed by atoms with Crippen LogP contribution in [0.5, 0.6) is 0 Å². The highest BCUT2D eigenvalue weighted by Crippen LogP contribution is 2.48. The third-order valence-electron chi connectivity index (χ3n) is 4.08. The van der Waals surface area contributed by atoms with Gasteiger partial charge in [0.2, 0.25) is 5.91 Å². The van der Waals surface area contributed by atoms with Crippen molar-refractivity contribution in [1.82, 2.24) is 5.32 Å². The fraction of sp³-hybridized carbons (Fsp3) is 0.533. The SMILES string of the molecule is CC(CO)C(C)NC(=O)C1(c2ccc(F)cc2)CC1. The van der Waals surface area contributed by atoms with Gasteiger partial charge in [0.25, 0.3) is 0 Å². The molecule has 2 unspecified atom stereocenters. The Kier molecular flexibility index (Phi) is 3.90. The molecule has 2 atom stereocenters. The molecule has 1 aliphatic carbocycles. The molecule has 1 amide bonds. The van der Waals surface area contributed by atoms with Crippen LogP contribution in [-0.4, -0.2) is 23.7 Å². The maximum Gasteiger partial charge on any atom is 0.230 e. The van der Waals surface area contributed by atoms with Crippen molar-refractivity contribution in [2.45, 2.75) is 38.1 Å². The molecule has 2 N–H and O–H groups in total. The monoisotopic (exact) mass is 265 g/mol. The molecular weight excluding hydrogens is 245 g/mol. The van der Waals surface area contributed by atoms with E-state index in [9.17, 15) is 9.18 Å². The van der Waals surface area contributed by atoms with E-state index in [0.29, 0.717) is 0 Å². The quantitative estimate of drug-likeness (QED) is 0.855. The van der Waals surface area contributed by atoms with E-state index < -0.39 is 5.41 Å². The van der Waals surface area contributed by atoms with E-state index >= 15 is 0 Å². The number of benzene rings is 1. The normalized spacial score (nSPS) is 19.6. The molecule has 0 saturated heterocycles. The summed E-state index contributed by atoms with van der Waals surface area (Å²) in [6.07, 6.45) is 1.59. The zero-order valence-corrected chi connectivity index (χ0v) is 11.3. The van der Waals surface area contributed by atoms with E-state index in [1.807, 2.05) is 13.8 Å². The number of rotatable bonds is 5. The summed E-state index contributed by atoms with van der Waals surface area (Å²) in [4.78, 5) is 12.4. The van der Waals surface area contributed by atoms with Gasteiger partial charge in [-0.05, 0) is 43.4 Å². The first-order valence-corrected chi connectivity index (χ1v) is 6.67. The number of hydrogen-bond donors (Lipinski definition) is 2. The number of halogens is 1. The maximum atomic E-state index is 12.9. The number of hydrogen-bond acceptors (Lipinski definition) is 2. The minimum absolute atomic E-state index is 0.0213. The summed E-state index contributed by atoms with van der Waals surface area (Å²) in [5.74, 6) is -0.290. The van der Waals surface area contributed by atoms with Crippen molar-refractivity contribution in [3.05, 3.63) is 35.6 Å². The van der Waals surface area contributed by atoms with Gasteiger partial charge < -0.3 is 10.4 Å². The molecule has 2 rings (SSSR count). The number of carbonyl (C=O) groups is 1. The first-order valence-electron chi connectivity index (χ1n) is 6.67. The molecule has 0 heterocycles. The van der Waals surface area contributed by atoms with Crippen LogP contribution < -0.4 is 5.32 Å². The summed E-state index contributed by atoms with van der Waals surface area (Å²) in [5, 5.41) is 12.0. The lowest BCUT2D eigenvalue weighted by molar-refractivity contribution is -0.124. The molecule has 104 valence electrons. The first-order chi connectivity index (χ1) is 8.99. The zero-order valence-electron chi connectivity index (χ0n) is 11.3. The molecule has 1 fully saturated rings. The fourth-order valence-electron chi connectivity index (χ4n) is 2.19. The Balaban J connectivity index is 2.08. The first kappa shape index (κ1) is 14.0. The molecule has 0 spiro atoms. The fourth-order valence-corrected chi connectivity index (χ4v) is 2.19. The van der Waals surface area contributed by atoms with Gasteiger partial charge in [-0.15, -0.1) is 0 Å². The van der Waals surface area contributed by atoms with Crippen LogP contribution in [0.25, 0.3) is 0 Å². The molecule has 0 bridgehead atoms. The Labute approximate surface area is 112 Å². The van der Waals surface area contributed by atoms with Crippen LogP contribution in [0, 0.1) is 11.7 Å². The molecule has 1 saturated carbocycles. The predicted octanol–water partition coefficient (Wildman–Crippen LogP) is 1.99. The summed E-state index contributed by atoms with van der Waals surface area (Å²) in [7, 11) is 0. The Hall–Kier alpha value is -1.42. The van der Waals surface area contributed by atoms with Crippen molar-refractivity contribution in [2.75, 3.05) is 6.61 Å². The van der Waals surface area contributed by atoms with Gasteiger partial charge in [-0.25, -0.2) is 4.39 Å². The summed E-state index contributed by atoms with van der Waals surface area (Å²) in [6.45, 7) is 3.83. The summed E-state index contributed by atoms with van der Waals surface area (Å²) in [5.41, 5.74) is 0.382.